The van der Waals surface area contributed by atoms with Crippen LogP contribution in [0.2, 0.25) is 0 Å². The minimum Gasteiger partial charge on any atom is -0.378 e. The molecule has 0 aromatic heterocycles. The van der Waals surface area contributed by atoms with Crippen LogP contribution in [0.25, 0.3) is 0 Å². The van der Waals surface area contributed by atoms with Crippen molar-refractivity contribution >= 4 is 17.3 Å². The number of hydrogen-bond acceptors (Lipinski definition) is 3. The molecule has 2 atom stereocenters. The van der Waals surface area contributed by atoms with E-state index in [1.807, 2.05) is 11.8 Å². The van der Waals surface area contributed by atoms with Gasteiger partial charge in [-0.2, -0.15) is 13.2 Å². The molecular formula is C16H19F3N2O2. The van der Waals surface area contributed by atoms with E-state index in [9.17, 15) is 18.0 Å². The lowest BCUT2D eigenvalue weighted by Gasteiger charge is -2.31. The van der Waals surface area contributed by atoms with E-state index in [-0.39, 0.29) is 17.5 Å². The predicted molar refractivity (Wildman–Crippen MR) is 80.4 cm³/mol. The zero-order valence-corrected chi connectivity index (χ0v) is 12.8. The van der Waals surface area contributed by atoms with Gasteiger partial charge in [0, 0.05) is 19.0 Å². The maximum atomic E-state index is 13.0. The van der Waals surface area contributed by atoms with E-state index in [4.69, 9.17) is 4.74 Å². The van der Waals surface area contributed by atoms with Crippen molar-refractivity contribution in [2.45, 2.75) is 19.5 Å². The minimum absolute atomic E-state index is 0.0953. The molecule has 126 valence electrons. The van der Waals surface area contributed by atoms with Gasteiger partial charge in [0.05, 0.1) is 30.2 Å². The SMILES string of the molecule is C[C@H]1C[C@H]1C(=O)Nc1cc(C(F)(F)F)ccc1N1CCOCC1. The summed E-state index contributed by atoms with van der Waals surface area (Å²) < 4.78 is 44.2. The van der Waals surface area contributed by atoms with Crippen molar-refractivity contribution in [2.75, 3.05) is 36.5 Å². The highest BCUT2D eigenvalue weighted by molar-refractivity contribution is 5.97. The Bertz CT molecular complexity index is 597. The van der Waals surface area contributed by atoms with Crippen LogP contribution in [0.5, 0.6) is 0 Å². The van der Waals surface area contributed by atoms with Gasteiger partial charge in [0.1, 0.15) is 0 Å². The molecule has 0 bridgehead atoms. The fraction of sp³-hybridized carbons (Fsp3) is 0.562. The number of benzene rings is 1. The van der Waals surface area contributed by atoms with Crippen molar-refractivity contribution in [3.8, 4) is 0 Å². The smallest absolute Gasteiger partial charge is 0.378 e. The molecule has 1 amide bonds. The third kappa shape index (κ3) is 3.60. The molecule has 1 aliphatic heterocycles. The summed E-state index contributed by atoms with van der Waals surface area (Å²) in [5.74, 6) is 0.000974. The van der Waals surface area contributed by atoms with Crippen LogP contribution < -0.4 is 10.2 Å². The second kappa shape index (κ2) is 6.03. The first kappa shape index (κ1) is 16.1. The monoisotopic (exact) mass is 328 g/mol. The Balaban J connectivity index is 1.89. The van der Waals surface area contributed by atoms with Gasteiger partial charge < -0.3 is 15.0 Å². The van der Waals surface area contributed by atoms with Crippen molar-refractivity contribution in [3.63, 3.8) is 0 Å². The van der Waals surface area contributed by atoms with Crippen molar-refractivity contribution in [1.29, 1.82) is 0 Å². The summed E-state index contributed by atoms with van der Waals surface area (Å²) in [6, 6.07) is 3.51. The predicted octanol–water partition coefficient (Wildman–Crippen LogP) is 3.14. The van der Waals surface area contributed by atoms with Gasteiger partial charge in [-0.1, -0.05) is 6.92 Å². The third-order valence-electron chi connectivity index (χ3n) is 4.38. The van der Waals surface area contributed by atoms with E-state index in [0.717, 1.165) is 18.6 Å². The first-order valence-electron chi connectivity index (χ1n) is 7.71. The second-order valence-corrected chi connectivity index (χ2v) is 6.14. The van der Waals surface area contributed by atoms with Gasteiger partial charge in [0.15, 0.2) is 0 Å². The molecule has 1 heterocycles. The number of carbonyl (C=O) groups excluding carboxylic acids is 1. The molecule has 2 aliphatic rings. The number of carbonyl (C=O) groups is 1. The first-order chi connectivity index (χ1) is 10.9. The average molecular weight is 328 g/mol. The molecule has 1 aliphatic carbocycles. The van der Waals surface area contributed by atoms with Gasteiger partial charge in [-0.05, 0) is 30.5 Å². The molecule has 7 heteroatoms. The van der Waals surface area contributed by atoms with Gasteiger partial charge in [-0.3, -0.25) is 4.79 Å². The van der Waals surface area contributed by atoms with Crippen LogP contribution in [0.3, 0.4) is 0 Å². The molecule has 0 radical (unpaired) electrons. The Labute approximate surface area is 132 Å². The Hall–Kier alpha value is -1.76. The average Bonchev–Trinajstić information content (AvgIpc) is 3.24. The number of ether oxygens (including phenoxy) is 1. The number of nitrogens with one attached hydrogen (secondary N) is 1. The molecule has 2 fully saturated rings. The van der Waals surface area contributed by atoms with Crippen molar-refractivity contribution < 1.29 is 22.7 Å². The van der Waals surface area contributed by atoms with Crippen LogP contribution in [0.15, 0.2) is 18.2 Å². The summed E-state index contributed by atoms with van der Waals surface area (Å²) in [6.07, 6.45) is -3.65. The summed E-state index contributed by atoms with van der Waals surface area (Å²) in [6.45, 7) is 4.18. The highest BCUT2D eigenvalue weighted by Crippen LogP contribution is 2.40. The van der Waals surface area contributed by atoms with Crippen molar-refractivity contribution in [3.05, 3.63) is 23.8 Å². The zero-order chi connectivity index (χ0) is 16.6. The van der Waals surface area contributed by atoms with E-state index < -0.39 is 11.7 Å². The van der Waals surface area contributed by atoms with Crippen LogP contribution in [-0.2, 0) is 15.7 Å². The number of nitrogens with zero attached hydrogens (tertiary/aromatic N) is 1. The zero-order valence-electron chi connectivity index (χ0n) is 12.8. The topological polar surface area (TPSA) is 41.6 Å². The molecule has 3 rings (SSSR count). The normalized spacial score (nSPS) is 24.4. The van der Waals surface area contributed by atoms with Crippen LogP contribution >= 0.6 is 0 Å². The van der Waals surface area contributed by atoms with Crippen LogP contribution in [-0.4, -0.2) is 32.2 Å². The standard InChI is InChI=1S/C16H19F3N2O2/c1-10-8-12(10)15(22)20-13-9-11(16(17,18)19)2-3-14(13)21-4-6-23-7-5-21/h2-3,9-10,12H,4-8H2,1H3,(H,20,22)/t10-,12+/m0/s1. The Morgan fingerprint density at radius 1 is 1.30 bits per heavy atom. The van der Waals surface area contributed by atoms with Crippen LogP contribution in [0.1, 0.15) is 18.9 Å². The molecule has 1 aromatic carbocycles. The molecule has 4 nitrogen and oxygen atoms in total. The summed E-state index contributed by atoms with van der Waals surface area (Å²) in [5.41, 5.74) is 0.0856. The maximum Gasteiger partial charge on any atom is 0.416 e. The Morgan fingerprint density at radius 2 is 1.96 bits per heavy atom. The van der Waals surface area contributed by atoms with Crippen molar-refractivity contribution in [2.24, 2.45) is 11.8 Å². The molecular weight excluding hydrogens is 309 g/mol. The minimum atomic E-state index is -4.43. The molecule has 1 N–H and O–H groups in total. The lowest BCUT2D eigenvalue weighted by atomic mass is 10.1. The van der Waals surface area contributed by atoms with Gasteiger partial charge in [0.25, 0.3) is 0 Å². The summed E-state index contributed by atoms with van der Waals surface area (Å²) in [7, 11) is 0. The van der Waals surface area contributed by atoms with E-state index in [1.165, 1.54) is 6.07 Å². The number of halogens is 3. The van der Waals surface area contributed by atoms with Crippen molar-refractivity contribution in [1.82, 2.24) is 0 Å². The first-order valence-corrected chi connectivity index (χ1v) is 7.71. The van der Waals surface area contributed by atoms with Gasteiger partial charge in [-0.15, -0.1) is 0 Å². The molecule has 0 spiro atoms. The van der Waals surface area contributed by atoms with Crippen LogP contribution in [0, 0.1) is 11.8 Å². The second-order valence-electron chi connectivity index (χ2n) is 6.14. The largest absolute Gasteiger partial charge is 0.416 e. The van der Waals surface area contributed by atoms with E-state index in [1.54, 1.807) is 0 Å². The molecule has 0 unspecified atom stereocenters. The Morgan fingerprint density at radius 3 is 2.52 bits per heavy atom. The quantitative estimate of drug-likeness (QED) is 0.927. The number of hydrogen-bond donors (Lipinski definition) is 1. The number of alkyl halides is 3. The maximum absolute atomic E-state index is 13.0. The number of anilines is 2. The van der Waals surface area contributed by atoms with Crippen LogP contribution in [0.4, 0.5) is 24.5 Å². The summed E-state index contributed by atoms with van der Waals surface area (Å²) in [4.78, 5) is 14.1. The highest BCUT2D eigenvalue weighted by Gasteiger charge is 2.39. The van der Waals surface area contributed by atoms with E-state index >= 15 is 0 Å². The van der Waals surface area contributed by atoms with Gasteiger partial charge >= 0.3 is 6.18 Å². The molecule has 1 saturated carbocycles. The molecule has 1 saturated heterocycles. The molecule has 23 heavy (non-hydrogen) atoms. The lowest BCUT2D eigenvalue weighted by Crippen LogP contribution is -2.37. The fourth-order valence-electron chi connectivity index (χ4n) is 2.81. The van der Waals surface area contributed by atoms with E-state index in [0.29, 0.717) is 37.9 Å². The summed E-state index contributed by atoms with van der Waals surface area (Å²) in [5, 5.41) is 2.69. The van der Waals surface area contributed by atoms with Gasteiger partial charge in [-0.25, -0.2) is 0 Å². The summed E-state index contributed by atoms with van der Waals surface area (Å²) >= 11 is 0. The number of morpholine rings is 1. The lowest BCUT2D eigenvalue weighted by molar-refractivity contribution is -0.137. The van der Waals surface area contributed by atoms with E-state index in [2.05, 4.69) is 5.32 Å². The molecule has 1 aromatic rings. The number of amides is 1. The fourth-order valence-corrected chi connectivity index (χ4v) is 2.81. The third-order valence-corrected chi connectivity index (χ3v) is 4.38. The number of rotatable bonds is 3. The highest BCUT2D eigenvalue weighted by atomic mass is 19.4. The Kier molecular flexibility index (Phi) is 4.23. The van der Waals surface area contributed by atoms with Gasteiger partial charge in [0.2, 0.25) is 5.91 Å².